The molecule has 5 aromatic rings. The molecule has 5 N–H and O–H groups in total. The molecule has 1 saturated heterocycles. The van der Waals surface area contributed by atoms with Gasteiger partial charge in [-0.3, -0.25) is 4.57 Å². The highest BCUT2D eigenvalue weighted by Gasteiger charge is 2.47. The molecular formula is C32H38N8O5. The van der Waals surface area contributed by atoms with Crippen molar-refractivity contribution < 1.29 is 24.6 Å². The van der Waals surface area contributed by atoms with Crippen molar-refractivity contribution >= 4 is 22.9 Å². The Hall–Kier alpha value is -4.43. The maximum Gasteiger partial charge on any atom is 0.258 e. The average molecular weight is 615 g/mol. The molecule has 4 heterocycles. The molecule has 0 unspecified atom stereocenters. The van der Waals surface area contributed by atoms with Gasteiger partial charge in [0.25, 0.3) is 5.89 Å². The lowest BCUT2D eigenvalue weighted by Crippen LogP contribution is -2.31. The van der Waals surface area contributed by atoms with Gasteiger partial charge in [0.1, 0.15) is 12.2 Å². The number of nitrogens with one attached hydrogen (secondary N) is 2. The van der Waals surface area contributed by atoms with Crippen LogP contribution >= 0.6 is 0 Å². The summed E-state index contributed by atoms with van der Waals surface area (Å²) in [7, 11) is 0. The smallest absolute Gasteiger partial charge is 0.258 e. The first kappa shape index (κ1) is 30.6. The Balaban J connectivity index is 1.37. The average Bonchev–Trinajstić information content (AvgIpc) is 3.78. The summed E-state index contributed by atoms with van der Waals surface area (Å²) < 4.78 is 13.0. The third-order valence-electron chi connectivity index (χ3n) is 8.17. The molecule has 1 aliphatic heterocycles. The molecule has 0 aliphatic carbocycles. The molecule has 13 nitrogen and oxygen atoms in total. The van der Waals surface area contributed by atoms with Gasteiger partial charge in [-0.2, -0.15) is 15.0 Å². The number of anilines is 2. The molecule has 0 saturated carbocycles. The standard InChI is InChI=1S/C32H38N8O5/c1-4-23-36-30(45-39-23)27-25(42)26(43)31(44-27)40-17-34-24-28(37-32(38-29(24)40)35-22(16-41)18(2)3)33-15-21(19-11-7-5-8-12-19)20-13-9-6-10-14-20/h5-14,17-18,21-22,25-27,31,41-43H,4,15-16H2,1-3H3,(H2,33,35,37,38)/t22-,25+,26-,27+,31-/m1/s1. The lowest BCUT2D eigenvalue weighted by Gasteiger charge is -2.22. The van der Waals surface area contributed by atoms with Gasteiger partial charge in [-0.15, -0.1) is 0 Å². The first-order chi connectivity index (χ1) is 21.9. The van der Waals surface area contributed by atoms with Crippen molar-refractivity contribution in [1.29, 1.82) is 0 Å². The first-order valence-corrected chi connectivity index (χ1v) is 15.2. The number of aliphatic hydroxyl groups is 3. The Morgan fingerprint density at radius 1 is 0.933 bits per heavy atom. The second-order valence-corrected chi connectivity index (χ2v) is 11.5. The molecule has 6 rings (SSSR count). The van der Waals surface area contributed by atoms with Gasteiger partial charge >= 0.3 is 0 Å². The van der Waals surface area contributed by atoms with Crippen LogP contribution in [0.2, 0.25) is 0 Å². The van der Waals surface area contributed by atoms with E-state index in [1.165, 1.54) is 6.33 Å². The molecule has 0 radical (unpaired) electrons. The van der Waals surface area contributed by atoms with Crippen LogP contribution in [0.15, 0.2) is 71.5 Å². The van der Waals surface area contributed by atoms with E-state index in [2.05, 4.69) is 50.0 Å². The minimum absolute atomic E-state index is 0.00933. The molecule has 1 aliphatic rings. The van der Waals surface area contributed by atoms with Gasteiger partial charge in [-0.1, -0.05) is 86.6 Å². The number of nitrogens with zero attached hydrogens (tertiary/aromatic N) is 6. The first-order valence-electron chi connectivity index (χ1n) is 15.2. The van der Waals surface area contributed by atoms with E-state index in [1.807, 2.05) is 57.2 Å². The molecule has 3 aromatic heterocycles. The minimum atomic E-state index is -1.34. The van der Waals surface area contributed by atoms with Crippen LogP contribution in [0.1, 0.15) is 61.9 Å². The van der Waals surface area contributed by atoms with Crippen LogP contribution in [0.4, 0.5) is 11.8 Å². The van der Waals surface area contributed by atoms with Crippen LogP contribution in [0.3, 0.4) is 0 Å². The molecule has 2 aromatic carbocycles. The van der Waals surface area contributed by atoms with Crippen molar-refractivity contribution in [3.63, 3.8) is 0 Å². The van der Waals surface area contributed by atoms with Crippen LogP contribution in [-0.4, -0.2) is 76.4 Å². The maximum absolute atomic E-state index is 11.1. The number of aryl methyl sites for hydroxylation is 1. The van der Waals surface area contributed by atoms with Gasteiger partial charge in [0.2, 0.25) is 5.95 Å². The third-order valence-corrected chi connectivity index (χ3v) is 8.17. The van der Waals surface area contributed by atoms with Gasteiger partial charge in [-0.05, 0) is 17.0 Å². The summed E-state index contributed by atoms with van der Waals surface area (Å²) in [6.45, 7) is 6.25. The zero-order valence-electron chi connectivity index (χ0n) is 25.4. The summed E-state index contributed by atoms with van der Waals surface area (Å²) in [6, 6.07) is 20.1. The van der Waals surface area contributed by atoms with Crippen molar-refractivity contribution in [2.45, 2.75) is 63.7 Å². The molecule has 13 heteroatoms. The molecule has 1 fully saturated rings. The number of hydrogen-bond donors (Lipinski definition) is 5. The Labute approximate surface area is 260 Å². The molecular weight excluding hydrogens is 576 g/mol. The number of aliphatic hydroxyl groups excluding tert-OH is 3. The zero-order valence-corrected chi connectivity index (χ0v) is 25.4. The highest BCUT2D eigenvalue weighted by atomic mass is 16.6. The van der Waals surface area contributed by atoms with E-state index in [-0.39, 0.29) is 36.3 Å². The van der Waals surface area contributed by atoms with Crippen molar-refractivity contribution in [2.75, 3.05) is 23.8 Å². The lowest BCUT2D eigenvalue weighted by atomic mass is 9.91. The monoisotopic (exact) mass is 614 g/mol. The topological polar surface area (TPSA) is 176 Å². The van der Waals surface area contributed by atoms with E-state index in [0.29, 0.717) is 35.8 Å². The van der Waals surface area contributed by atoms with Crippen LogP contribution in [0, 0.1) is 5.92 Å². The third kappa shape index (κ3) is 6.25. The van der Waals surface area contributed by atoms with Gasteiger partial charge in [-0.25, -0.2) is 4.98 Å². The summed E-state index contributed by atoms with van der Waals surface area (Å²) in [6.07, 6.45) is -2.71. The summed E-state index contributed by atoms with van der Waals surface area (Å²) >= 11 is 0. The fraction of sp³-hybridized carbons (Fsp3) is 0.406. The fourth-order valence-electron chi connectivity index (χ4n) is 5.50. The second-order valence-electron chi connectivity index (χ2n) is 11.5. The molecule has 5 atom stereocenters. The van der Waals surface area contributed by atoms with Crippen molar-refractivity contribution in [3.8, 4) is 0 Å². The summed E-state index contributed by atoms with van der Waals surface area (Å²) in [5.41, 5.74) is 3.09. The van der Waals surface area contributed by atoms with E-state index < -0.39 is 24.5 Å². The minimum Gasteiger partial charge on any atom is -0.394 e. The predicted molar refractivity (Wildman–Crippen MR) is 166 cm³/mol. The number of fused-ring (bicyclic) bond motifs is 1. The van der Waals surface area contributed by atoms with Gasteiger partial charge in [0.05, 0.1) is 19.0 Å². The Kier molecular flexibility index (Phi) is 9.03. The number of imidazole rings is 1. The Morgan fingerprint density at radius 2 is 1.62 bits per heavy atom. The van der Waals surface area contributed by atoms with E-state index in [0.717, 1.165) is 11.1 Å². The van der Waals surface area contributed by atoms with Gasteiger partial charge < -0.3 is 35.2 Å². The number of ether oxygens (including phenoxy) is 1. The number of aromatic nitrogens is 6. The molecule has 0 spiro atoms. The molecule has 0 amide bonds. The fourth-order valence-corrected chi connectivity index (χ4v) is 5.50. The van der Waals surface area contributed by atoms with E-state index in [1.54, 1.807) is 4.57 Å². The largest absolute Gasteiger partial charge is 0.394 e. The van der Waals surface area contributed by atoms with Gasteiger partial charge in [0.15, 0.2) is 35.1 Å². The maximum atomic E-state index is 11.1. The molecule has 0 bridgehead atoms. The Bertz CT molecular complexity index is 1660. The molecule has 45 heavy (non-hydrogen) atoms. The van der Waals surface area contributed by atoms with Crippen LogP contribution in [0.5, 0.6) is 0 Å². The number of hydrogen-bond acceptors (Lipinski definition) is 12. The van der Waals surface area contributed by atoms with Crippen molar-refractivity contribution in [3.05, 3.63) is 89.8 Å². The number of rotatable bonds is 12. The summed E-state index contributed by atoms with van der Waals surface area (Å²) in [4.78, 5) is 18.4. The van der Waals surface area contributed by atoms with Crippen molar-refractivity contribution in [2.24, 2.45) is 5.92 Å². The van der Waals surface area contributed by atoms with Crippen LogP contribution < -0.4 is 10.6 Å². The summed E-state index contributed by atoms with van der Waals surface area (Å²) in [5, 5.41) is 42.6. The second kappa shape index (κ2) is 13.3. The van der Waals surface area contributed by atoms with Crippen molar-refractivity contribution in [1.82, 2.24) is 29.7 Å². The highest BCUT2D eigenvalue weighted by molar-refractivity contribution is 5.84. The highest BCUT2D eigenvalue weighted by Crippen LogP contribution is 2.40. The number of benzene rings is 2. The van der Waals surface area contributed by atoms with E-state index >= 15 is 0 Å². The normalized spacial score (nSPS) is 20.7. The summed E-state index contributed by atoms with van der Waals surface area (Å²) in [5.74, 6) is 1.39. The predicted octanol–water partition coefficient (Wildman–Crippen LogP) is 3.44. The Morgan fingerprint density at radius 3 is 2.22 bits per heavy atom. The van der Waals surface area contributed by atoms with E-state index in [4.69, 9.17) is 19.2 Å². The van der Waals surface area contributed by atoms with Gasteiger partial charge in [0, 0.05) is 18.9 Å². The van der Waals surface area contributed by atoms with Crippen LogP contribution in [0.25, 0.3) is 11.2 Å². The SMILES string of the molecule is CCc1noc([C@H]2O[C@@H](n3cnc4c(NCC(c5ccccc5)c5ccccc5)nc(N[C@H](CO)C(C)C)nc43)[C@H](O)[C@@H]2O)n1. The quantitative estimate of drug-likeness (QED) is 0.139. The van der Waals surface area contributed by atoms with Crippen LogP contribution in [-0.2, 0) is 11.2 Å². The lowest BCUT2D eigenvalue weighted by molar-refractivity contribution is -0.0451. The molecule has 236 valence electrons. The zero-order chi connectivity index (χ0) is 31.5. The van der Waals surface area contributed by atoms with E-state index in [9.17, 15) is 15.3 Å².